The van der Waals surface area contributed by atoms with Crippen LogP contribution in [0.5, 0.6) is 0 Å². The molecule has 0 radical (unpaired) electrons. The SMILES string of the molecule is CC1CC(=O)CC=N1. The third kappa shape index (κ3) is 1.15. The minimum Gasteiger partial charge on any atom is -0.299 e. The fourth-order valence-electron chi connectivity index (χ4n) is 0.800. The molecule has 0 N–H and O–H groups in total. The molecule has 0 aromatic carbocycles. The van der Waals surface area contributed by atoms with Crippen molar-refractivity contribution in [3.63, 3.8) is 0 Å². The topological polar surface area (TPSA) is 29.4 Å². The molecule has 0 aliphatic carbocycles. The maximum Gasteiger partial charge on any atom is 0.140 e. The largest absolute Gasteiger partial charge is 0.299 e. The minimum atomic E-state index is 0.233. The summed E-state index contributed by atoms with van der Waals surface area (Å²) in [5, 5.41) is 0. The molecule has 0 spiro atoms. The van der Waals surface area contributed by atoms with Gasteiger partial charge in [-0.2, -0.15) is 0 Å². The van der Waals surface area contributed by atoms with Crippen LogP contribution >= 0.6 is 0 Å². The normalized spacial score (nSPS) is 28.6. The molecule has 2 nitrogen and oxygen atoms in total. The van der Waals surface area contributed by atoms with E-state index in [0.29, 0.717) is 18.6 Å². The van der Waals surface area contributed by atoms with Crippen molar-refractivity contribution in [3.8, 4) is 0 Å². The first-order valence-electron chi connectivity index (χ1n) is 2.82. The number of carbonyl (C=O) groups is 1. The lowest BCUT2D eigenvalue weighted by Gasteiger charge is -2.07. The van der Waals surface area contributed by atoms with Crippen LogP contribution in [0, 0.1) is 0 Å². The van der Waals surface area contributed by atoms with Crippen molar-refractivity contribution in [1.82, 2.24) is 0 Å². The molecule has 0 amide bonds. The Bertz CT molecular complexity index is 128. The van der Waals surface area contributed by atoms with Gasteiger partial charge in [-0.15, -0.1) is 0 Å². The highest BCUT2D eigenvalue weighted by molar-refractivity contribution is 5.93. The van der Waals surface area contributed by atoms with E-state index in [9.17, 15) is 4.79 Å². The molecule has 0 saturated heterocycles. The quantitative estimate of drug-likeness (QED) is 0.454. The van der Waals surface area contributed by atoms with Crippen LogP contribution in [0.1, 0.15) is 19.8 Å². The third-order valence-corrected chi connectivity index (χ3v) is 1.20. The summed E-state index contributed by atoms with van der Waals surface area (Å²) >= 11 is 0. The van der Waals surface area contributed by atoms with Gasteiger partial charge in [0.2, 0.25) is 0 Å². The van der Waals surface area contributed by atoms with Crippen molar-refractivity contribution in [1.29, 1.82) is 0 Å². The maximum absolute atomic E-state index is 10.6. The van der Waals surface area contributed by atoms with Gasteiger partial charge in [0.15, 0.2) is 0 Å². The van der Waals surface area contributed by atoms with Gasteiger partial charge in [-0.1, -0.05) is 0 Å². The first-order valence-corrected chi connectivity index (χ1v) is 2.82. The summed E-state index contributed by atoms with van der Waals surface area (Å²) in [4.78, 5) is 14.6. The molecule has 1 rings (SSSR count). The van der Waals surface area contributed by atoms with Crippen molar-refractivity contribution in [3.05, 3.63) is 0 Å². The van der Waals surface area contributed by atoms with Crippen LogP contribution in [-0.2, 0) is 4.79 Å². The molecule has 44 valence electrons. The van der Waals surface area contributed by atoms with Crippen LogP contribution in [0.3, 0.4) is 0 Å². The fraction of sp³-hybridized carbons (Fsp3) is 0.667. The van der Waals surface area contributed by atoms with E-state index in [2.05, 4.69) is 4.99 Å². The second-order valence-electron chi connectivity index (χ2n) is 2.13. The molecule has 1 heterocycles. The second kappa shape index (κ2) is 2.07. The number of carbonyl (C=O) groups excluding carboxylic acids is 1. The van der Waals surface area contributed by atoms with Gasteiger partial charge in [-0.05, 0) is 6.92 Å². The Hall–Kier alpha value is -0.660. The number of hydrogen-bond acceptors (Lipinski definition) is 2. The molecule has 0 fully saturated rings. The average molecular weight is 111 g/mol. The van der Waals surface area contributed by atoms with Crippen LogP contribution in [-0.4, -0.2) is 18.0 Å². The van der Waals surface area contributed by atoms with E-state index < -0.39 is 0 Å². The van der Waals surface area contributed by atoms with Gasteiger partial charge >= 0.3 is 0 Å². The molecule has 1 unspecified atom stereocenters. The van der Waals surface area contributed by atoms with Gasteiger partial charge < -0.3 is 0 Å². The van der Waals surface area contributed by atoms with Gasteiger partial charge in [0.25, 0.3) is 0 Å². The van der Waals surface area contributed by atoms with Crippen LogP contribution in [0.25, 0.3) is 0 Å². The van der Waals surface area contributed by atoms with E-state index in [1.807, 2.05) is 6.92 Å². The summed E-state index contributed by atoms with van der Waals surface area (Å²) in [7, 11) is 0. The van der Waals surface area contributed by atoms with E-state index in [1.165, 1.54) is 0 Å². The Kier molecular flexibility index (Phi) is 1.42. The Balaban J connectivity index is 2.54. The van der Waals surface area contributed by atoms with Gasteiger partial charge in [0.05, 0.1) is 6.04 Å². The van der Waals surface area contributed by atoms with Crippen LogP contribution < -0.4 is 0 Å². The maximum atomic E-state index is 10.6. The summed E-state index contributed by atoms with van der Waals surface area (Å²) in [5.41, 5.74) is 0. The van der Waals surface area contributed by atoms with E-state index >= 15 is 0 Å². The summed E-state index contributed by atoms with van der Waals surface area (Å²) < 4.78 is 0. The molecule has 0 bridgehead atoms. The number of ketones is 1. The summed E-state index contributed by atoms with van der Waals surface area (Å²) in [5.74, 6) is 0.313. The zero-order valence-corrected chi connectivity index (χ0v) is 4.92. The highest BCUT2D eigenvalue weighted by Crippen LogP contribution is 2.03. The molecule has 1 aliphatic heterocycles. The van der Waals surface area contributed by atoms with Crippen LogP contribution in [0.4, 0.5) is 0 Å². The highest BCUT2D eigenvalue weighted by atomic mass is 16.1. The first-order chi connectivity index (χ1) is 3.79. The predicted octanol–water partition coefficient (Wildman–Crippen LogP) is 0.809. The van der Waals surface area contributed by atoms with Crippen LogP contribution in [0.15, 0.2) is 4.99 Å². The first kappa shape index (κ1) is 5.48. The Morgan fingerprint density at radius 2 is 2.62 bits per heavy atom. The smallest absolute Gasteiger partial charge is 0.140 e. The molecule has 1 aliphatic rings. The molecule has 1 atom stereocenters. The molecule has 0 aromatic heterocycles. The molecule has 8 heavy (non-hydrogen) atoms. The second-order valence-corrected chi connectivity index (χ2v) is 2.13. The van der Waals surface area contributed by atoms with Crippen molar-refractivity contribution in [2.45, 2.75) is 25.8 Å². The number of rotatable bonds is 0. The van der Waals surface area contributed by atoms with Crippen molar-refractivity contribution >= 4 is 12.0 Å². The number of hydrogen-bond donors (Lipinski definition) is 0. The molecule has 0 saturated carbocycles. The van der Waals surface area contributed by atoms with E-state index in [0.717, 1.165) is 0 Å². The summed E-state index contributed by atoms with van der Waals surface area (Å²) in [6, 6.07) is 0.233. The van der Waals surface area contributed by atoms with E-state index in [4.69, 9.17) is 0 Å². The minimum absolute atomic E-state index is 0.233. The zero-order chi connectivity index (χ0) is 5.98. The van der Waals surface area contributed by atoms with Crippen LogP contribution in [0.2, 0.25) is 0 Å². The Labute approximate surface area is 48.6 Å². The standard InChI is InChI=1S/C6H9NO/c1-5-4-6(8)2-3-7-5/h3,5H,2,4H2,1H3. The zero-order valence-electron chi connectivity index (χ0n) is 4.92. The lowest BCUT2D eigenvalue weighted by atomic mass is 10.1. The lowest BCUT2D eigenvalue weighted by molar-refractivity contribution is -0.118. The van der Waals surface area contributed by atoms with Gasteiger partial charge in [-0.25, -0.2) is 0 Å². The molecule has 2 heteroatoms. The molecular weight excluding hydrogens is 102 g/mol. The molecular formula is C6H9NO. The third-order valence-electron chi connectivity index (χ3n) is 1.20. The highest BCUT2D eigenvalue weighted by Gasteiger charge is 2.09. The summed E-state index contributed by atoms with van der Waals surface area (Å²) in [6.07, 6.45) is 2.89. The van der Waals surface area contributed by atoms with E-state index in [-0.39, 0.29) is 6.04 Å². The fourth-order valence-corrected chi connectivity index (χ4v) is 0.800. The number of Topliss-reactive ketones (excluding diaryl/α,β-unsaturated/α-hetero) is 1. The van der Waals surface area contributed by atoms with Gasteiger partial charge in [0, 0.05) is 19.1 Å². The van der Waals surface area contributed by atoms with Gasteiger partial charge in [0.1, 0.15) is 5.78 Å². The summed E-state index contributed by atoms with van der Waals surface area (Å²) in [6.45, 7) is 1.95. The van der Waals surface area contributed by atoms with Crippen molar-refractivity contribution < 1.29 is 4.79 Å². The Morgan fingerprint density at radius 1 is 1.88 bits per heavy atom. The predicted molar refractivity (Wildman–Crippen MR) is 32.2 cm³/mol. The Morgan fingerprint density at radius 3 is 3.00 bits per heavy atom. The van der Waals surface area contributed by atoms with Crippen molar-refractivity contribution in [2.75, 3.05) is 0 Å². The van der Waals surface area contributed by atoms with Gasteiger partial charge in [-0.3, -0.25) is 9.79 Å². The monoisotopic (exact) mass is 111 g/mol. The van der Waals surface area contributed by atoms with E-state index in [1.54, 1.807) is 6.21 Å². The number of nitrogens with zero attached hydrogens (tertiary/aromatic N) is 1. The average Bonchev–Trinajstić information content (AvgIpc) is 1.64. The molecule has 0 aromatic rings. The number of aliphatic imine (C=N–C) groups is 1. The van der Waals surface area contributed by atoms with Crippen molar-refractivity contribution in [2.24, 2.45) is 4.99 Å². The lowest BCUT2D eigenvalue weighted by Crippen LogP contribution is -2.13.